The third-order valence-electron chi connectivity index (χ3n) is 5.76. The smallest absolute Gasteiger partial charge is 0.393 e. The number of halogens is 12. The number of alkyl halides is 12. The summed E-state index contributed by atoms with van der Waals surface area (Å²) in [5.41, 5.74) is 0.226. The molecule has 0 spiro atoms. The van der Waals surface area contributed by atoms with Gasteiger partial charge in [0.25, 0.3) is 0 Å². The third kappa shape index (κ3) is 3.67. The monoisotopic (exact) mass is 549 g/mol. The first kappa shape index (κ1) is 27.7. The molecule has 3 rings (SSSR count). The molecule has 0 amide bonds. The van der Waals surface area contributed by atoms with Gasteiger partial charge in [-0.2, -0.15) is 49.0 Å². The van der Waals surface area contributed by atoms with Gasteiger partial charge in [-0.15, -0.1) is 0 Å². The minimum Gasteiger partial charge on any atom is -0.466 e. The Balaban J connectivity index is 2.19. The van der Waals surface area contributed by atoms with Gasteiger partial charge >= 0.3 is 40.9 Å². The fourth-order valence-electron chi connectivity index (χ4n) is 4.01. The van der Waals surface area contributed by atoms with Gasteiger partial charge in [0.05, 0.1) is 12.6 Å². The van der Waals surface area contributed by atoms with Gasteiger partial charge in [-0.1, -0.05) is 24.3 Å². The zero-order valence-electron chi connectivity index (χ0n) is 17.3. The molecule has 1 saturated heterocycles. The van der Waals surface area contributed by atoms with E-state index in [0.717, 1.165) is 6.92 Å². The zero-order valence-corrected chi connectivity index (χ0v) is 18.0. The molecular weight excluding hydrogens is 535 g/mol. The van der Waals surface area contributed by atoms with E-state index in [1.807, 2.05) is 0 Å². The van der Waals surface area contributed by atoms with E-state index < -0.39 is 66.0 Å². The maximum atomic E-state index is 15.8. The van der Waals surface area contributed by atoms with Crippen LogP contribution in [-0.4, -0.2) is 59.1 Å². The summed E-state index contributed by atoms with van der Waals surface area (Å²) in [5.74, 6) is -40.0. The van der Waals surface area contributed by atoms with E-state index in [9.17, 15) is 48.7 Å². The molecule has 16 heteroatoms. The van der Waals surface area contributed by atoms with E-state index in [0.29, 0.717) is 10.6 Å². The highest BCUT2D eigenvalue weighted by molar-refractivity contribution is 6.22. The Hall–Kier alpha value is -1.87. The van der Waals surface area contributed by atoms with Crippen LogP contribution >= 0.6 is 11.6 Å². The van der Waals surface area contributed by atoms with Gasteiger partial charge in [-0.05, 0) is 36.1 Å². The van der Waals surface area contributed by atoms with Crippen molar-refractivity contribution >= 4 is 17.6 Å². The minimum absolute atomic E-state index is 0.0625. The van der Waals surface area contributed by atoms with Gasteiger partial charge in [0.2, 0.25) is 0 Å². The number of rotatable bonds is 7. The van der Waals surface area contributed by atoms with Crippen molar-refractivity contribution in [2.75, 3.05) is 13.2 Å². The number of ether oxygens (including phenoxy) is 1. The Labute approximate surface area is 194 Å². The quantitative estimate of drug-likeness (QED) is 0.247. The Kier molecular flexibility index (Phi) is 6.60. The number of hydrogen-bond donors (Lipinski definition) is 0. The molecule has 0 bridgehead atoms. The molecule has 0 radical (unpaired) electrons. The van der Waals surface area contributed by atoms with E-state index in [1.165, 1.54) is 24.3 Å². The molecular formula is C19H15ClF11NO3. The summed E-state index contributed by atoms with van der Waals surface area (Å²) in [4.78, 5) is 16.8. The molecule has 1 aromatic carbocycles. The van der Waals surface area contributed by atoms with Crippen LogP contribution in [0, 0.1) is 5.92 Å². The SMILES string of the molecule is CCOC(=O)[C@H]1[C@H]2c3ccccc3CCN2O[C@]1(F)C(F)(F)C(F)(F)C(F)(F)C(F)(F)C(F)(F)Cl. The number of carbonyl (C=O) groups excluding carboxylic acids is 1. The molecule has 2 aliphatic rings. The first-order valence-corrected chi connectivity index (χ1v) is 10.1. The summed E-state index contributed by atoms with van der Waals surface area (Å²) in [6, 6.07) is 3.42. The van der Waals surface area contributed by atoms with E-state index in [-0.39, 0.29) is 12.0 Å². The molecule has 4 nitrogen and oxygen atoms in total. The summed E-state index contributed by atoms with van der Waals surface area (Å²) in [6.45, 7) is -0.0180. The van der Waals surface area contributed by atoms with Crippen molar-refractivity contribution in [3.05, 3.63) is 35.4 Å². The van der Waals surface area contributed by atoms with E-state index >= 15 is 4.39 Å². The van der Waals surface area contributed by atoms with Crippen molar-refractivity contribution in [1.29, 1.82) is 0 Å². The average Bonchev–Trinajstić information content (AvgIpc) is 3.07. The van der Waals surface area contributed by atoms with E-state index in [1.54, 1.807) is 0 Å². The fourth-order valence-corrected chi connectivity index (χ4v) is 4.12. The topological polar surface area (TPSA) is 38.8 Å². The highest BCUT2D eigenvalue weighted by Gasteiger charge is 2.92. The van der Waals surface area contributed by atoms with Gasteiger partial charge in [0, 0.05) is 6.54 Å². The lowest BCUT2D eigenvalue weighted by Gasteiger charge is -2.42. The first-order chi connectivity index (χ1) is 15.8. The summed E-state index contributed by atoms with van der Waals surface area (Å²) in [5, 5.41) is -6.16. The lowest BCUT2D eigenvalue weighted by atomic mass is 9.79. The molecule has 0 aliphatic carbocycles. The Morgan fingerprint density at radius 1 is 1.06 bits per heavy atom. The minimum atomic E-state index is -7.63. The first-order valence-electron chi connectivity index (χ1n) is 9.76. The van der Waals surface area contributed by atoms with Gasteiger partial charge in [-0.3, -0.25) is 4.79 Å². The van der Waals surface area contributed by atoms with Crippen LogP contribution in [0.25, 0.3) is 0 Å². The number of esters is 1. The summed E-state index contributed by atoms with van der Waals surface area (Å²) in [7, 11) is 0. The summed E-state index contributed by atoms with van der Waals surface area (Å²) in [6.07, 6.45) is -0.0625. The third-order valence-corrected chi connectivity index (χ3v) is 6.00. The van der Waals surface area contributed by atoms with E-state index in [4.69, 9.17) is 0 Å². The molecule has 1 aromatic rings. The number of nitrogens with zero attached hydrogens (tertiary/aromatic N) is 1. The standard InChI is InChI=1S/C19H15ClF11NO3/c1-2-34-13(33)11-12-10-6-4-3-5-9(10)7-8-32(12)35-14(11,21)15(22,23)16(24,25)17(26,27)18(28,29)19(20,30)31/h3-6,11-12H,2,7-8H2,1H3/t11-,12-,14+/m1/s1. The van der Waals surface area contributed by atoms with Gasteiger partial charge in [0.1, 0.15) is 5.92 Å². The molecule has 0 saturated carbocycles. The Morgan fingerprint density at radius 3 is 2.17 bits per heavy atom. The normalized spacial score (nSPS) is 26.3. The Morgan fingerprint density at radius 2 is 1.63 bits per heavy atom. The summed E-state index contributed by atoms with van der Waals surface area (Å²) < 4.78 is 160. The Bertz CT molecular complexity index is 987. The highest BCUT2D eigenvalue weighted by atomic mass is 35.5. The van der Waals surface area contributed by atoms with Crippen LogP contribution in [-0.2, 0) is 20.8 Å². The number of carbonyl (C=O) groups is 1. The van der Waals surface area contributed by atoms with E-state index in [2.05, 4.69) is 21.2 Å². The van der Waals surface area contributed by atoms with Crippen LogP contribution in [0.1, 0.15) is 24.1 Å². The maximum Gasteiger partial charge on any atom is 0.393 e. The lowest BCUT2D eigenvalue weighted by Crippen LogP contribution is -2.72. The number of fused-ring (bicyclic) bond motifs is 3. The van der Waals surface area contributed by atoms with Crippen molar-refractivity contribution in [3.8, 4) is 0 Å². The molecule has 35 heavy (non-hydrogen) atoms. The van der Waals surface area contributed by atoms with Crippen LogP contribution in [0.5, 0.6) is 0 Å². The van der Waals surface area contributed by atoms with Crippen molar-refractivity contribution in [1.82, 2.24) is 5.06 Å². The molecule has 2 heterocycles. The molecule has 198 valence electrons. The van der Waals surface area contributed by atoms with Crippen LogP contribution in [0.2, 0.25) is 0 Å². The van der Waals surface area contributed by atoms with Crippen LogP contribution in [0.4, 0.5) is 48.3 Å². The molecule has 3 atom stereocenters. The zero-order chi connectivity index (χ0) is 26.8. The molecule has 0 N–H and O–H groups in total. The molecule has 0 unspecified atom stereocenters. The van der Waals surface area contributed by atoms with Crippen LogP contribution in [0.15, 0.2) is 24.3 Å². The fraction of sp³-hybridized carbons (Fsp3) is 0.632. The maximum absolute atomic E-state index is 15.8. The second-order valence-corrected chi connectivity index (χ2v) is 8.27. The number of hydroxylamine groups is 2. The summed E-state index contributed by atoms with van der Waals surface area (Å²) >= 11 is 3.79. The number of hydrogen-bond acceptors (Lipinski definition) is 4. The highest BCUT2D eigenvalue weighted by Crippen LogP contribution is 2.65. The van der Waals surface area contributed by atoms with Crippen LogP contribution in [0.3, 0.4) is 0 Å². The lowest BCUT2D eigenvalue weighted by molar-refractivity contribution is -0.442. The number of benzene rings is 1. The largest absolute Gasteiger partial charge is 0.466 e. The van der Waals surface area contributed by atoms with Gasteiger partial charge in [0.15, 0.2) is 0 Å². The predicted molar refractivity (Wildman–Crippen MR) is 95.2 cm³/mol. The average molecular weight is 550 g/mol. The molecule has 1 fully saturated rings. The predicted octanol–water partition coefficient (Wildman–Crippen LogP) is 5.75. The molecule has 2 aliphatic heterocycles. The second-order valence-electron chi connectivity index (χ2n) is 7.80. The van der Waals surface area contributed by atoms with Crippen molar-refractivity contribution < 1.29 is 62.7 Å². The van der Waals surface area contributed by atoms with Crippen molar-refractivity contribution in [3.63, 3.8) is 0 Å². The van der Waals surface area contributed by atoms with Gasteiger partial charge < -0.3 is 4.74 Å². The van der Waals surface area contributed by atoms with Crippen LogP contribution < -0.4 is 0 Å². The van der Waals surface area contributed by atoms with Crippen molar-refractivity contribution in [2.45, 2.75) is 54.3 Å². The second kappa shape index (κ2) is 8.33. The van der Waals surface area contributed by atoms with Crippen molar-refractivity contribution in [2.24, 2.45) is 5.92 Å². The van der Waals surface area contributed by atoms with Gasteiger partial charge in [-0.25, -0.2) is 9.23 Å². The molecule has 0 aromatic heterocycles.